The van der Waals surface area contributed by atoms with E-state index in [9.17, 15) is 25.0 Å². The number of rotatable bonds is 5. The smallest absolute Gasteiger partial charge is 0.289 e. The fraction of sp³-hybridized carbons (Fsp3) is 0.0526. The number of nitro groups is 2. The second-order valence-electron chi connectivity index (χ2n) is 5.85. The topological polar surface area (TPSA) is 116 Å². The van der Waals surface area contributed by atoms with Crippen LogP contribution in [0.15, 0.2) is 75.5 Å². The summed E-state index contributed by atoms with van der Waals surface area (Å²) >= 11 is 0.880. The van der Waals surface area contributed by atoms with Crippen LogP contribution in [-0.2, 0) is 4.79 Å². The Bertz CT molecular complexity index is 1070. The van der Waals surface area contributed by atoms with Crippen LogP contribution in [0.5, 0.6) is 0 Å². The highest BCUT2D eigenvalue weighted by Gasteiger charge is 2.23. The van der Waals surface area contributed by atoms with E-state index in [-0.39, 0.29) is 21.3 Å². The third-order valence-electron chi connectivity index (χ3n) is 3.79. The van der Waals surface area contributed by atoms with E-state index in [1.807, 2.05) is 31.2 Å². The maximum absolute atomic E-state index is 12.2. The minimum atomic E-state index is -0.708. The summed E-state index contributed by atoms with van der Waals surface area (Å²) in [5, 5.41) is 22.1. The predicted octanol–water partition coefficient (Wildman–Crippen LogP) is 4.70. The summed E-state index contributed by atoms with van der Waals surface area (Å²) in [4.78, 5) is 37.7. The van der Waals surface area contributed by atoms with Crippen LogP contribution < -0.4 is 0 Å². The molecular formula is C19H13N3O5S. The minimum absolute atomic E-state index is 0.139. The molecule has 0 radical (unpaired) electrons. The first-order valence-corrected chi connectivity index (χ1v) is 8.85. The molecule has 0 unspecified atom stereocenters. The zero-order valence-electron chi connectivity index (χ0n) is 14.6. The van der Waals surface area contributed by atoms with E-state index in [0.717, 1.165) is 23.4 Å². The average Bonchev–Trinajstić information content (AvgIpc) is 2.66. The molecule has 0 heterocycles. The lowest BCUT2D eigenvalue weighted by Crippen LogP contribution is -2.05. The van der Waals surface area contributed by atoms with Crippen molar-refractivity contribution >= 4 is 40.3 Å². The van der Waals surface area contributed by atoms with Crippen molar-refractivity contribution in [3.63, 3.8) is 0 Å². The van der Waals surface area contributed by atoms with E-state index in [2.05, 4.69) is 4.99 Å². The first-order valence-electron chi connectivity index (χ1n) is 8.03. The van der Waals surface area contributed by atoms with Crippen LogP contribution in [0.2, 0.25) is 0 Å². The lowest BCUT2D eigenvalue weighted by Gasteiger charge is -2.09. The summed E-state index contributed by atoms with van der Waals surface area (Å²) in [6.45, 7) is 1.96. The largest absolute Gasteiger partial charge is 0.290 e. The van der Waals surface area contributed by atoms with Gasteiger partial charge < -0.3 is 0 Å². The number of non-ortho nitro benzene ring substituents is 1. The van der Waals surface area contributed by atoms with Crippen molar-refractivity contribution < 1.29 is 14.6 Å². The van der Waals surface area contributed by atoms with Gasteiger partial charge in [-0.1, -0.05) is 29.5 Å². The molecule has 1 aliphatic rings. The molecule has 8 nitrogen and oxygen atoms in total. The molecule has 3 rings (SSSR count). The van der Waals surface area contributed by atoms with E-state index < -0.39 is 15.5 Å². The lowest BCUT2D eigenvalue weighted by atomic mass is 10.1. The third kappa shape index (κ3) is 4.38. The van der Waals surface area contributed by atoms with Crippen LogP contribution in [0.25, 0.3) is 0 Å². The summed E-state index contributed by atoms with van der Waals surface area (Å²) in [5.74, 6) is -0.319. The first kappa shape index (κ1) is 19.2. The van der Waals surface area contributed by atoms with Gasteiger partial charge in [-0.2, -0.15) is 0 Å². The van der Waals surface area contributed by atoms with E-state index in [4.69, 9.17) is 0 Å². The van der Waals surface area contributed by atoms with Crippen LogP contribution >= 0.6 is 11.8 Å². The van der Waals surface area contributed by atoms with E-state index in [1.54, 1.807) is 6.08 Å². The number of nitrogens with zero attached hydrogens (tertiary/aromatic N) is 3. The predicted molar refractivity (Wildman–Crippen MR) is 106 cm³/mol. The number of hydrogen-bond acceptors (Lipinski definition) is 7. The summed E-state index contributed by atoms with van der Waals surface area (Å²) in [7, 11) is 0. The zero-order chi connectivity index (χ0) is 20.3. The highest BCUT2D eigenvalue weighted by atomic mass is 32.2. The van der Waals surface area contributed by atoms with Gasteiger partial charge in [0, 0.05) is 6.07 Å². The summed E-state index contributed by atoms with van der Waals surface area (Å²) in [6, 6.07) is 10.8. The molecule has 0 aliphatic heterocycles. The van der Waals surface area contributed by atoms with E-state index in [0.29, 0.717) is 11.4 Å². The quantitative estimate of drug-likeness (QED) is 0.412. The van der Waals surface area contributed by atoms with Crippen LogP contribution in [-0.4, -0.2) is 21.3 Å². The number of carbonyl (C=O) groups is 1. The molecule has 0 bridgehead atoms. The summed E-state index contributed by atoms with van der Waals surface area (Å²) in [6.07, 6.45) is 4.45. The van der Waals surface area contributed by atoms with Crippen LogP contribution in [0.3, 0.4) is 0 Å². The Balaban J connectivity index is 1.93. The van der Waals surface area contributed by atoms with Gasteiger partial charge in [-0.15, -0.1) is 0 Å². The highest BCUT2D eigenvalue weighted by Crippen LogP contribution is 2.37. The van der Waals surface area contributed by atoms with Crippen molar-refractivity contribution in [3.05, 3.63) is 91.4 Å². The second kappa shape index (κ2) is 7.97. The molecular weight excluding hydrogens is 382 g/mol. The normalized spacial score (nSPS) is 14.8. The lowest BCUT2D eigenvalue weighted by molar-refractivity contribution is -0.396. The second-order valence-corrected chi connectivity index (χ2v) is 6.93. The van der Waals surface area contributed by atoms with Gasteiger partial charge in [-0.05, 0) is 43.4 Å². The van der Waals surface area contributed by atoms with Crippen molar-refractivity contribution in [2.75, 3.05) is 0 Å². The number of carbonyl (C=O) groups excluding carboxylic acids is 1. The van der Waals surface area contributed by atoms with Gasteiger partial charge in [0.25, 0.3) is 11.4 Å². The Labute approximate surface area is 163 Å². The monoisotopic (exact) mass is 395 g/mol. The number of nitro benzene ring substituents is 2. The molecule has 0 saturated carbocycles. The fourth-order valence-electron chi connectivity index (χ4n) is 2.38. The van der Waals surface area contributed by atoms with Crippen molar-refractivity contribution in [2.45, 2.75) is 11.8 Å². The van der Waals surface area contributed by atoms with Crippen molar-refractivity contribution in [1.29, 1.82) is 0 Å². The number of benzene rings is 2. The SMILES string of the molecule is Cc1ccc(N=C2C=CC(=O)C(Sc3ccc([N+](=O)[O-])cc3[N+](=O)[O-])=C2)cc1. The van der Waals surface area contributed by atoms with E-state index in [1.165, 1.54) is 24.3 Å². The zero-order valence-corrected chi connectivity index (χ0v) is 15.4. The molecule has 0 N–H and O–H groups in total. The number of thioether (sulfide) groups is 1. The Kier molecular flexibility index (Phi) is 5.46. The molecule has 0 saturated heterocycles. The van der Waals surface area contributed by atoms with Crippen LogP contribution in [0.1, 0.15) is 5.56 Å². The van der Waals surface area contributed by atoms with Gasteiger partial charge >= 0.3 is 0 Å². The van der Waals surface area contributed by atoms with Crippen molar-refractivity contribution in [2.24, 2.45) is 4.99 Å². The van der Waals surface area contributed by atoms with Crippen molar-refractivity contribution in [1.82, 2.24) is 0 Å². The summed E-state index contributed by atoms with van der Waals surface area (Å²) < 4.78 is 0. The average molecular weight is 395 g/mol. The Morgan fingerprint density at radius 2 is 1.68 bits per heavy atom. The maximum atomic E-state index is 12.2. The molecule has 9 heteroatoms. The van der Waals surface area contributed by atoms with Crippen LogP contribution in [0.4, 0.5) is 17.1 Å². The molecule has 0 aromatic heterocycles. The maximum Gasteiger partial charge on any atom is 0.290 e. The molecule has 0 amide bonds. The Morgan fingerprint density at radius 3 is 2.32 bits per heavy atom. The molecule has 0 spiro atoms. The molecule has 2 aromatic rings. The fourth-order valence-corrected chi connectivity index (χ4v) is 3.34. The third-order valence-corrected chi connectivity index (χ3v) is 4.89. The number of aliphatic imine (C=N–C) groups is 1. The standard InChI is InChI=1S/C19H13N3O5S/c1-12-2-4-13(5-3-12)20-14-6-8-17(23)19(10-14)28-18-9-7-15(21(24)25)11-16(18)22(26)27/h2-11H,1H3. The highest BCUT2D eigenvalue weighted by molar-refractivity contribution is 8.04. The molecule has 0 fully saturated rings. The van der Waals surface area contributed by atoms with Gasteiger partial charge in [0.2, 0.25) is 0 Å². The van der Waals surface area contributed by atoms with Crippen molar-refractivity contribution in [3.8, 4) is 0 Å². The minimum Gasteiger partial charge on any atom is -0.289 e. The van der Waals surface area contributed by atoms with E-state index >= 15 is 0 Å². The van der Waals surface area contributed by atoms with Gasteiger partial charge in [0.05, 0.1) is 37.1 Å². The molecule has 2 aromatic carbocycles. The molecule has 140 valence electrons. The van der Waals surface area contributed by atoms with Crippen LogP contribution in [0, 0.1) is 27.2 Å². The first-order chi connectivity index (χ1) is 13.3. The molecule has 1 aliphatic carbocycles. The Hall–Kier alpha value is -3.59. The number of hydrogen-bond donors (Lipinski definition) is 0. The van der Waals surface area contributed by atoms with Gasteiger partial charge in [-0.3, -0.25) is 25.0 Å². The molecule has 28 heavy (non-hydrogen) atoms. The number of ketones is 1. The molecule has 0 atom stereocenters. The van der Waals surface area contributed by atoms with Gasteiger partial charge in [0.15, 0.2) is 5.78 Å². The Morgan fingerprint density at radius 1 is 0.964 bits per heavy atom. The van der Waals surface area contributed by atoms with Gasteiger partial charge in [0.1, 0.15) is 0 Å². The number of allylic oxidation sites excluding steroid dienone is 4. The van der Waals surface area contributed by atoms with Gasteiger partial charge in [-0.25, -0.2) is 4.99 Å². The number of aryl methyl sites for hydroxylation is 1. The summed E-state index contributed by atoms with van der Waals surface area (Å²) in [5.41, 5.74) is 1.51.